The molecule has 9 nitrogen and oxygen atoms in total. The van der Waals surface area contributed by atoms with Crippen molar-refractivity contribution in [1.29, 1.82) is 0 Å². The number of nitrogens with two attached hydrogens (primary N) is 2. The Labute approximate surface area is 182 Å². The largest absolute Gasteiger partial charge is 0.495 e. The summed E-state index contributed by atoms with van der Waals surface area (Å²) in [6.07, 6.45) is 0.613. The number of hydrogen-bond acceptors (Lipinski definition) is 6. The number of rotatable bonds is 9. The number of benzene rings is 2. The predicted octanol–water partition coefficient (Wildman–Crippen LogP) is 3.84. The van der Waals surface area contributed by atoms with Crippen LogP contribution in [0.1, 0.15) is 38.3 Å². The maximum absolute atomic E-state index is 12.3. The number of hydrogen-bond donors (Lipinski definition) is 5. The number of ether oxygens (including phenoxy) is 2. The summed E-state index contributed by atoms with van der Waals surface area (Å²) in [6, 6.07) is 11.4. The van der Waals surface area contributed by atoms with E-state index in [1.807, 2.05) is 19.9 Å². The number of amides is 3. The van der Waals surface area contributed by atoms with E-state index in [1.165, 1.54) is 7.11 Å². The first kappa shape index (κ1) is 23.8. The lowest BCUT2D eigenvalue weighted by atomic mass is 10.1. The van der Waals surface area contributed by atoms with Gasteiger partial charge in [-0.3, -0.25) is 0 Å². The monoisotopic (exact) mass is 429 g/mol. The maximum atomic E-state index is 12.3. The minimum absolute atomic E-state index is 0.208. The first-order chi connectivity index (χ1) is 14.9. The minimum atomic E-state index is -0.499. The van der Waals surface area contributed by atoms with E-state index < -0.39 is 12.1 Å². The molecule has 0 heterocycles. The number of methoxy groups -OCH3 is 1. The molecule has 9 heteroatoms. The van der Waals surface area contributed by atoms with Crippen molar-refractivity contribution in [3.63, 3.8) is 0 Å². The van der Waals surface area contributed by atoms with Crippen LogP contribution >= 0.6 is 0 Å². The highest BCUT2D eigenvalue weighted by molar-refractivity contribution is 6.00. The Hall–Kier alpha value is -3.46. The second kappa shape index (κ2) is 11.7. The highest BCUT2D eigenvalue weighted by Gasteiger charge is 2.15. The van der Waals surface area contributed by atoms with Gasteiger partial charge in [-0.15, -0.1) is 0 Å². The molecular weight excluding hydrogens is 398 g/mol. The first-order valence-electron chi connectivity index (χ1n) is 10.1. The number of urea groups is 1. The van der Waals surface area contributed by atoms with E-state index in [0.717, 1.165) is 5.56 Å². The Bertz CT molecular complexity index is 890. The highest BCUT2D eigenvalue weighted by Crippen LogP contribution is 2.25. The van der Waals surface area contributed by atoms with Gasteiger partial charge in [-0.2, -0.15) is 0 Å². The third-order valence-corrected chi connectivity index (χ3v) is 4.69. The summed E-state index contributed by atoms with van der Waals surface area (Å²) in [7, 11) is 1.51. The molecule has 0 saturated heterocycles. The molecule has 0 spiro atoms. The normalized spacial score (nSPS) is 12.4. The molecule has 0 aromatic heterocycles. The molecule has 2 aromatic carbocycles. The number of alkyl carbamates (subject to hydrolysis) is 1. The molecule has 0 aliphatic rings. The molecule has 1 unspecified atom stereocenters. The van der Waals surface area contributed by atoms with Crippen LogP contribution in [0.5, 0.6) is 5.75 Å². The molecule has 3 amide bonds. The summed E-state index contributed by atoms with van der Waals surface area (Å²) < 4.78 is 10.5. The van der Waals surface area contributed by atoms with E-state index in [4.69, 9.17) is 20.9 Å². The number of nitrogens with one attached hydrogen (secondary N) is 3. The van der Waals surface area contributed by atoms with E-state index in [2.05, 4.69) is 16.0 Å². The zero-order chi connectivity index (χ0) is 22.8. The highest BCUT2D eigenvalue weighted by atomic mass is 16.6. The Morgan fingerprint density at radius 3 is 2.45 bits per heavy atom. The molecule has 31 heavy (non-hydrogen) atoms. The molecule has 0 saturated carbocycles. The van der Waals surface area contributed by atoms with Gasteiger partial charge in [0.1, 0.15) is 11.9 Å². The second-order valence-corrected chi connectivity index (χ2v) is 7.04. The van der Waals surface area contributed by atoms with Crippen LogP contribution in [0.15, 0.2) is 42.5 Å². The van der Waals surface area contributed by atoms with Gasteiger partial charge in [-0.1, -0.05) is 19.1 Å². The van der Waals surface area contributed by atoms with Crippen LogP contribution in [0.25, 0.3) is 0 Å². The quantitative estimate of drug-likeness (QED) is 0.384. The number of carbonyl (C=O) groups is 2. The van der Waals surface area contributed by atoms with Gasteiger partial charge < -0.3 is 36.9 Å². The fraction of sp³-hybridized carbons (Fsp3) is 0.364. The van der Waals surface area contributed by atoms with E-state index in [0.29, 0.717) is 42.2 Å². The molecule has 0 fully saturated rings. The third kappa shape index (κ3) is 7.38. The van der Waals surface area contributed by atoms with Crippen LogP contribution in [-0.4, -0.2) is 31.9 Å². The minimum Gasteiger partial charge on any atom is -0.495 e. The topological polar surface area (TPSA) is 141 Å². The number of nitrogen functional groups attached to an aromatic ring is 1. The molecule has 2 rings (SSSR count). The Morgan fingerprint density at radius 1 is 1.10 bits per heavy atom. The van der Waals surface area contributed by atoms with Crippen molar-refractivity contribution in [2.24, 2.45) is 5.73 Å². The van der Waals surface area contributed by atoms with Gasteiger partial charge in [0.2, 0.25) is 0 Å². The average molecular weight is 430 g/mol. The van der Waals surface area contributed by atoms with Crippen LogP contribution in [0.2, 0.25) is 0 Å². The van der Waals surface area contributed by atoms with Crippen molar-refractivity contribution in [2.75, 3.05) is 30.0 Å². The number of carbonyl (C=O) groups excluding carboxylic acids is 2. The van der Waals surface area contributed by atoms with Gasteiger partial charge in [-0.05, 0) is 56.1 Å². The van der Waals surface area contributed by atoms with E-state index in [1.54, 1.807) is 36.4 Å². The van der Waals surface area contributed by atoms with Gasteiger partial charge >= 0.3 is 12.1 Å². The van der Waals surface area contributed by atoms with Gasteiger partial charge in [0, 0.05) is 17.4 Å². The first-order valence-corrected chi connectivity index (χ1v) is 10.1. The van der Waals surface area contributed by atoms with Gasteiger partial charge in [0.05, 0.1) is 18.8 Å². The van der Waals surface area contributed by atoms with Crippen LogP contribution in [0.3, 0.4) is 0 Å². The molecule has 7 N–H and O–H groups in total. The van der Waals surface area contributed by atoms with Crippen LogP contribution in [0.4, 0.5) is 26.7 Å². The SMILES string of the molecule is CCC(CCN)OC(=O)N[C@@H](C)c1cccc(NC(=O)Nc2ccc(N)c(OC)c2)c1. The summed E-state index contributed by atoms with van der Waals surface area (Å²) in [4.78, 5) is 24.5. The molecular formula is C22H31N5O4. The molecule has 2 aromatic rings. The van der Waals surface area contributed by atoms with Crippen molar-refractivity contribution in [3.05, 3.63) is 48.0 Å². The predicted molar refractivity (Wildman–Crippen MR) is 122 cm³/mol. The summed E-state index contributed by atoms with van der Waals surface area (Å²) >= 11 is 0. The molecule has 168 valence electrons. The summed E-state index contributed by atoms with van der Waals surface area (Å²) in [6.45, 7) is 4.24. The smallest absolute Gasteiger partial charge is 0.407 e. The fourth-order valence-electron chi connectivity index (χ4n) is 2.95. The summed E-state index contributed by atoms with van der Waals surface area (Å²) in [5.41, 5.74) is 13.7. The van der Waals surface area contributed by atoms with E-state index >= 15 is 0 Å². The van der Waals surface area contributed by atoms with Gasteiger partial charge in [0.25, 0.3) is 0 Å². The standard InChI is InChI=1S/C22H31N5O4/c1-4-18(10-11-23)31-22(29)25-14(2)15-6-5-7-16(12-15)26-21(28)27-17-8-9-19(24)20(13-17)30-3/h5-9,12-14,18H,4,10-11,23-24H2,1-3H3,(H,25,29)(H2,26,27,28)/t14-,18?/m0/s1. The zero-order valence-corrected chi connectivity index (χ0v) is 18.1. The lowest BCUT2D eigenvalue weighted by Gasteiger charge is -2.19. The van der Waals surface area contributed by atoms with Gasteiger partial charge in [0.15, 0.2) is 0 Å². The summed E-state index contributed by atoms with van der Waals surface area (Å²) in [5.74, 6) is 0.475. The van der Waals surface area contributed by atoms with Crippen molar-refractivity contribution in [3.8, 4) is 5.75 Å². The second-order valence-electron chi connectivity index (χ2n) is 7.04. The lowest BCUT2D eigenvalue weighted by molar-refractivity contribution is 0.0892. The van der Waals surface area contributed by atoms with Crippen LogP contribution in [-0.2, 0) is 4.74 Å². The Morgan fingerprint density at radius 2 is 1.81 bits per heavy atom. The third-order valence-electron chi connectivity index (χ3n) is 4.69. The van der Waals surface area contributed by atoms with Crippen molar-refractivity contribution in [1.82, 2.24) is 5.32 Å². The maximum Gasteiger partial charge on any atom is 0.407 e. The average Bonchev–Trinajstić information content (AvgIpc) is 2.74. The lowest BCUT2D eigenvalue weighted by Crippen LogP contribution is -2.31. The Kier molecular flexibility index (Phi) is 8.95. The molecule has 0 aliphatic carbocycles. The van der Waals surface area contributed by atoms with Crippen molar-refractivity contribution < 1.29 is 19.1 Å². The van der Waals surface area contributed by atoms with Gasteiger partial charge in [-0.25, -0.2) is 9.59 Å². The van der Waals surface area contributed by atoms with Crippen molar-refractivity contribution >= 4 is 29.2 Å². The van der Waals surface area contributed by atoms with Crippen molar-refractivity contribution in [2.45, 2.75) is 38.8 Å². The zero-order valence-electron chi connectivity index (χ0n) is 18.1. The Balaban J connectivity index is 1.96. The molecule has 0 radical (unpaired) electrons. The van der Waals surface area contributed by atoms with Crippen LogP contribution in [0, 0.1) is 0 Å². The summed E-state index contributed by atoms with van der Waals surface area (Å²) in [5, 5.41) is 8.30. The number of anilines is 3. The molecule has 2 atom stereocenters. The van der Waals surface area contributed by atoms with E-state index in [9.17, 15) is 9.59 Å². The van der Waals surface area contributed by atoms with E-state index in [-0.39, 0.29) is 12.1 Å². The molecule has 0 bridgehead atoms. The fourth-order valence-corrected chi connectivity index (χ4v) is 2.95. The molecule has 0 aliphatic heterocycles. The van der Waals surface area contributed by atoms with Crippen LogP contribution < -0.4 is 32.2 Å².